The number of nitrogens with zero attached hydrogens (tertiary/aromatic N) is 1. The van der Waals surface area contributed by atoms with Gasteiger partial charge in [0.05, 0.1) is 19.1 Å². The van der Waals surface area contributed by atoms with Crippen molar-refractivity contribution < 1.29 is 43.7 Å². The van der Waals surface area contributed by atoms with E-state index in [2.05, 4.69) is 28.2 Å². The highest BCUT2D eigenvalue weighted by molar-refractivity contribution is 5.96. The van der Waals surface area contributed by atoms with Crippen molar-refractivity contribution in [2.45, 2.75) is 142 Å². The second-order valence-electron chi connectivity index (χ2n) is 12.9. The standard InChI is InChI=1S/C34H61N5O9/c1-7-10-11-12-13-14-15-16-18-27-23(5)34(47)39(6)26(17-8-2)32(45)38-29(22(4)9-3)33(46)37-25(21-41)31(44)36-24(20-40)30(43)35-19-28(42)48-27/h22-27,29,40-41H,7-21H2,1-6H3,(H,35,43)(H,36,44)(H,37,46)(H,38,45)/t22?,23-,24+,25+,26+,27-,29+/m1/s1. The lowest BCUT2D eigenvalue weighted by molar-refractivity contribution is -0.157. The number of cyclic esters (lactones) is 1. The number of aliphatic hydroxyl groups is 2. The van der Waals surface area contributed by atoms with E-state index in [0.717, 1.165) is 25.7 Å². The summed E-state index contributed by atoms with van der Waals surface area (Å²) in [5.41, 5.74) is 0. The van der Waals surface area contributed by atoms with Crippen LogP contribution < -0.4 is 21.3 Å². The van der Waals surface area contributed by atoms with Gasteiger partial charge in [0.2, 0.25) is 29.5 Å². The molecular formula is C34H61N5O9. The van der Waals surface area contributed by atoms with Gasteiger partial charge in [0.25, 0.3) is 0 Å². The first kappa shape index (κ1) is 42.8. The average Bonchev–Trinajstić information content (AvgIpc) is 3.08. The second kappa shape index (κ2) is 23.2. The predicted octanol–water partition coefficient (Wildman–Crippen LogP) is 1.31. The molecule has 1 saturated heterocycles. The number of hydrogen-bond acceptors (Lipinski definition) is 9. The molecule has 5 amide bonds. The van der Waals surface area contributed by atoms with Gasteiger partial charge in [-0.25, -0.2) is 0 Å². The highest BCUT2D eigenvalue weighted by Gasteiger charge is 2.37. The van der Waals surface area contributed by atoms with Gasteiger partial charge in [-0.1, -0.05) is 92.4 Å². The number of ether oxygens (including phenoxy) is 1. The Morgan fingerprint density at radius 1 is 0.750 bits per heavy atom. The first-order chi connectivity index (χ1) is 22.9. The van der Waals surface area contributed by atoms with E-state index in [9.17, 15) is 39.0 Å². The Kier molecular flexibility index (Phi) is 20.6. The van der Waals surface area contributed by atoms with Crippen LogP contribution in [0.25, 0.3) is 0 Å². The van der Waals surface area contributed by atoms with Gasteiger partial charge in [-0.15, -0.1) is 0 Å². The van der Waals surface area contributed by atoms with Gasteiger partial charge in [-0.05, 0) is 25.2 Å². The number of likely N-dealkylation sites (N-methyl/N-ethyl adjacent to an activating group) is 1. The van der Waals surface area contributed by atoms with E-state index in [1.165, 1.54) is 31.2 Å². The van der Waals surface area contributed by atoms with E-state index >= 15 is 0 Å². The number of carbonyl (C=O) groups is 6. The van der Waals surface area contributed by atoms with Crippen molar-refractivity contribution >= 4 is 35.5 Å². The lowest BCUT2D eigenvalue weighted by Crippen LogP contribution is -2.61. The Balaban J connectivity index is 3.40. The molecular weight excluding hydrogens is 622 g/mol. The number of esters is 1. The van der Waals surface area contributed by atoms with Gasteiger partial charge in [0.15, 0.2) is 0 Å². The molecule has 0 bridgehead atoms. The van der Waals surface area contributed by atoms with E-state index in [1.807, 2.05) is 13.8 Å². The molecule has 1 fully saturated rings. The third kappa shape index (κ3) is 14.1. The van der Waals surface area contributed by atoms with Crippen LogP contribution in [0.2, 0.25) is 0 Å². The topological polar surface area (TPSA) is 203 Å². The van der Waals surface area contributed by atoms with Crippen molar-refractivity contribution in [3.05, 3.63) is 0 Å². The highest BCUT2D eigenvalue weighted by atomic mass is 16.5. The maximum atomic E-state index is 13.9. The summed E-state index contributed by atoms with van der Waals surface area (Å²) in [5.74, 6) is -5.58. The first-order valence-corrected chi connectivity index (χ1v) is 17.7. The summed E-state index contributed by atoms with van der Waals surface area (Å²) in [4.78, 5) is 80.9. The van der Waals surface area contributed by atoms with Crippen LogP contribution >= 0.6 is 0 Å². The Labute approximate surface area is 285 Å². The molecule has 0 saturated carbocycles. The van der Waals surface area contributed by atoms with Gasteiger partial charge >= 0.3 is 5.97 Å². The molecule has 48 heavy (non-hydrogen) atoms. The van der Waals surface area contributed by atoms with E-state index in [-0.39, 0.29) is 5.92 Å². The normalized spacial score (nSPS) is 26.3. The summed E-state index contributed by atoms with van der Waals surface area (Å²) in [7, 11) is 1.51. The average molecular weight is 684 g/mol. The van der Waals surface area contributed by atoms with Crippen molar-refractivity contribution in [1.29, 1.82) is 0 Å². The molecule has 1 aliphatic heterocycles. The molecule has 6 N–H and O–H groups in total. The molecule has 0 aromatic carbocycles. The van der Waals surface area contributed by atoms with Crippen LogP contribution in [0.1, 0.15) is 112 Å². The zero-order chi connectivity index (χ0) is 36.2. The molecule has 0 aliphatic carbocycles. The van der Waals surface area contributed by atoms with Crippen molar-refractivity contribution in [2.75, 3.05) is 26.8 Å². The lowest BCUT2D eigenvalue weighted by atomic mass is 9.95. The molecule has 1 unspecified atom stereocenters. The van der Waals surface area contributed by atoms with Gasteiger partial charge in [-0.3, -0.25) is 28.8 Å². The van der Waals surface area contributed by atoms with Gasteiger partial charge in [-0.2, -0.15) is 0 Å². The molecule has 1 heterocycles. The number of carbonyl (C=O) groups excluding carboxylic acids is 6. The molecule has 0 spiro atoms. The van der Waals surface area contributed by atoms with Crippen LogP contribution in [-0.4, -0.2) is 108 Å². The highest BCUT2D eigenvalue weighted by Crippen LogP contribution is 2.21. The number of aliphatic hydroxyl groups excluding tert-OH is 2. The Morgan fingerprint density at radius 3 is 1.88 bits per heavy atom. The fraction of sp³-hybridized carbons (Fsp3) is 0.824. The maximum absolute atomic E-state index is 13.9. The third-order valence-electron chi connectivity index (χ3n) is 9.08. The van der Waals surface area contributed by atoms with Gasteiger partial charge < -0.3 is 41.1 Å². The van der Waals surface area contributed by atoms with E-state index in [0.29, 0.717) is 32.1 Å². The second-order valence-corrected chi connectivity index (χ2v) is 12.9. The van der Waals surface area contributed by atoms with Crippen molar-refractivity contribution in [1.82, 2.24) is 26.2 Å². The Bertz CT molecular complexity index is 1040. The number of hydrogen-bond donors (Lipinski definition) is 6. The fourth-order valence-corrected chi connectivity index (χ4v) is 5.66. The summed E-state index contributed by atoms with van der Waals surface area (Å²) in [6.45, 7) is 7.00. The van der Waals surface area contributed by atoms with E-state index in [4.69, 9.17) is 4.74 Å². The summed E-state index contributed by atoms with van der Waals surface area (Å²) < 4.78 is 5.74. The molecule has 14 nitrogen and oxygen atoms in total. The zero-order valence-electron chi connectivity index (χ0n) is 29.8. The first-order valence-electron chi connectivity index (χ1n) is 17.7. The molecule has 0 radical (unpaired) electrons. The van der Waals surface area contributed by atoms with Crippen LogP contribution in [0.3, 0.4) is 0 Å². The molecule has 14 heteroatoms. The predicted molar refractivity (Wildman–Crippen MR) is 180 cm³/mol. The number of amides is 5. The minimum atomic E-state index is -1.51. The molecule has 0 aromatic rings. The van der Waals surface area contributed by atoms with Crippen molar-refractivity contribution in [3.8, 4) is 0 Å². The molecule has 1 rings (SSSR count). The molecule has 7 atom stereocenters. The van der Waals surface area contributed by atoms with Crippen LogP contribution in [0.5, 0.6) is 0 Å². The monoisotopic (exact) mass is 683 g/mol. The quantitative estimate of drug-likeness (QED) is 0.109. The summed E-state index contributed by atoms with van der Waals surface area (Å²) >= 11 is 0. The minimum absolute atomic E-state index is 0.300. The molecule has 276 valence electrons. The summed E-state index contributed by atoms with van der Waals surface area (Å²) in [5, 5.41) is 29.5. The third-order valence-corrected chi connectivity index (χ3v) is 9.08. The summed E-state index contributed by atoms with van der Waals surface area (Å²) in [6, 6.07) is -5.06. The maximum Gasteiger partial charge on any atom is 0.325 e. The van der Waals surface area contributed by atoms with Crippen LogP contribution in [-0.2, 0) is 33.5 Å². The van der Waals surface area contributed by atoms with Crippen LogP contribution in [0.15, 0.2) is 0 Å². The lowest BCUT2D eigenvalue weighted by Gasteiger charge is -2.34. The van der Waals surface area contributed by atoms with Crippen molar-refractivity contribution in [2.24, 2.45) is 11.8 Å². The van der Waals surface area contributed by atoms with E-state index < -0.39 is 91.5 Å². The SMILES string of the molecule is CCCCCCCCCC[C@H]1OC(=O)CNC(=O)[C@H](CO)NC(=O)[C@H](CO)NC(=O)[C@H](C(C)CC)NC(=O)[C@H](CCC)N(C)C(=O)[C@@H]1C. The molecule has 0 aromatic heterocycles. The largest absolute Gasteiger partial charge is 0.460 e. The van der Waals surface area contributed by atoms with Crippen LogP contribution in [0.4, 0.5) is 0 Å². The number of rotatable bonds is 15. The number of unbranched alkanes of at least 4 members (excludes halogenated alkanes) is 7. The van der Waals surface area contributed by atoms with Gasteiger partial charge in [0.1, 0.15) is 36.8 Å². The minimum Gasteiger partial charge on any atom is -0.460 e. The fourth-order valence-electron chi connectivity index (χ4n) is 5.66. The zero-order valence-corrected chi connectivity index (χ0v) is 29.8. The van der Waals surface area contributed by atoms with Crippen LogP contribution in [0, 0.1) is 11.8 Å². The Morgan fingerprint density at radius 2 is 1.31 bits per heavy atom. The van der Waals surface area contributed by atoms with Crippen molar-refractivity contribution in [3.63, 3.8) is 0 Å². The summed E-state index contributed by atoms with van der Waals surface area (Å²) in [6.07, 6.45) is 9.32. The smallest absolute Gasteiger partial charge is 0.325 e. The van der Waals surface area contributed by atoms with Gasteiger partial charge in [0, 0.05) is 7.05 Å². The van der Waals surface area contributed by atoms with E-state index in [1.54, 1.807) is 13.8 Å². The molecule has 1 aliphatic rings. The Hall–Kier alpha value is -3.26. The number of nitrogens with one attached hydrogen (secondary N) is 4.